The lowest BCUT2D eigenvalue weighted by Gasteiger charge is -2.02. The van der Waals surface area contributed by atoms with Crippen LogP contribution in [0.1, 0.15) is 5.69 Å². The molecular formula is C10H12N4S. The number of nitrogens with two attached hydrogens (primary N) is 1. The molecule has 1 aromatic carbocycles. The SMILES string of the molecule is Cc1c2cc(NC(N)=S)ccc2nn1C. The van der Waals surface area contributed by atoms with Crippen LogP contribution < -0.4 is 11.1 Å². The van der Waals surface area contributed by atoms with Gasteiger partial charge in [-0.15, -0.1) is 0 Å². The molecule has 4 nitrogen and oxygen atoms in total. The summed E-state index contributed by atoms with van der Waals surface area (Å²) in [4.78, 5) is 0. The minimum atomic E-state index is 0.274. The van der Waals surface area contributed by atoms with Gasteiger partial charge in [-0.2, -0.15) is 5.10 Å². The molecule has 0 spiro atoms. The second kappa shape index (κ2) is 3.51. The Morgan fingerprint density at radius 3 is 2.93 bits per heavy atom. The molecule has 0 aliphatic carbocycles. The van der Waals surface area contributed by atoms with Crippen molar-refractivity contribution in [1.29, 1.82) is 0 Å². The van der Waals surface area contributed by atoms with E-state index in [4.69, 9.17) is 18.0 Å². The van der Waals surface area contributed by atoms with Crippen LogP contribution in [0.15, 0.2) is 18.2 Å². The van der Waals surface area contributed by atoms with Crippen molar-refractivity contribution in [2.75, 3.05) is 5.32 Å². The molecule has 5 heteroatoms. The van der Waals surface area contributed by atoms with E-state index in [1.807, 2.05) is 36.9 Å². The number of nitrogens with one attached hydrogen (secondary N) is 1. The quantitative estimate of drug-likeness (QED) is 0.716. The zero-order chi connectivity index (χ0) is 11.0. The van der Waals surface area contributed by atoms with Gasteiger partial charge in [0.1, 0.15) is 0 Å². The van der Waals surface area contributed by atoms with Crippen molar-refractivity contribution in [2.24, 2.45) is 12.8 Å². The highest BCUT2D eigenvalue weighted by atomic mass is 32.1. The van der Waals surface area contributed by atoms with Gasteiger partial charge < -0.3 is 11.1 Å². The molecule has 3 N–H and O–H groups in total. The summed E-state index contributed by atoms with van der Waals surface area (Å²) in [5.74, 6) is 0. The first kappa shape index (κ1) is 9.92. The van der Waals surface area contributed by atoms with Crippen LogP contribution in [-0.2, 0) is 7.05 Å². The summed E-state index contributed by atoms with van der Waals surface area (Å²) in [5, 5.41) is 8.65. The minimum Gasteiger partial charge on any atom is -0.376 e. The van der Waals surface area contributed by atoms with Crippen LogP contribution >= 0.6 is 12.2 Å². The van der Waals surface area contributed by atoms with Crippen molar-refractivity contribution in [1.82, 2.24) is 9.78 Å². The van der Waals surface area contributed by atoms with E-state index in [-0.39, 0.29) is 5.11 Å². The van der Waals surface area contributed by atoms with Gasteiger partial charge in [-0.25, -0.2) is 0 Å². The molecule has 2 rings (SSSR count). The second-order valence-electron chi connectivity index (χ2n) is 3.43. The van der Waals surface area contributed by atoms with Crippen LogP contribution in [0.5, 0.6) is 0 Å². The van der Waals surface area contributed by atoms with Gasteiger partial charge in [0, 0.05) is 23.8 Å². The molecule has 0 amide bonds. The van der Waals surface area contributed by atoms with Crippen molar-refractivity contribution in [3.05, 3.63) is 23.9 Å². The van der Waals surface area contributed by atoms with E-state index in [1.165, 1.54) is 0 Å². The number of fused-ring (bicyclic) bond motifs is 1. The van der Waals surface area contributed by atoms with Gasteiger partial charge in [-0.3, -0.25) is 4.68 Å². The zero-order valence-electron chi connectivity index (χ0n) is 8.61. The van der Waals surface area contributed by atoms with Gasteiger partial charge in [0.2, 0.25) is 0 Å². The number of aromatic nitrogens is 2. The fraction of sp³-hybridized carbons (Fsp3) is 0.200. The third-order valence-corrected chi connectivity index (χ3v) is 2.50. The predicted octanol–water partition coefficient (Wildman–Crippen LogP) is 1.54. The van der Waals surface area contributed by atoms with Crippen molar-refractivity contribution in [2.45, 2.75) is 6.92 Å². The molecule has 0 atom stereocenters. The van der Waals surface area contributed by atoms with Crippen molar-refractivity contribution in [3.8, 4) is 0 Å². The number of hydrogen-bond acceptors (Lipinski definition) is 2. The number of rotatable bonds is 1. The molecule has 1 heterocycles. The molecule has 0 bridgehead atoms. The van der Waals surface area contributed by atoms with Crippen molar-refractivity contribution >= 4 is 33.9 Å². The van der Waals surface area contributed by atoms with Crippen LogP contribution in [0.3, 0.4) is 0 Å². The van der Waals surface area contributed by atoms with E-state index < -0.39 is 0 Å². The number of anilines is 1. The standard InChI is InChI=1S/C10H12N4S/c1-6-8-5-7(12-10(11)15)3-4-9(8)13-14(6)2/h3-5H,1-2H3,(H3,11,12,15). The molecule has 2 aromatic rings. The molecule has 78 valence electrons. The number of nitrogens with zero attached hydrogens (tertiary/aromatic N) is 2. The highest BCUT2D eigenvalue weighted by Gasteiger charge is 2.05. The number of benzene rings is 1. The summed E-state index contributed by atoms with van der Waals surface area (Å²) >= 11 is 4.78. The zero-order valence-corrected chi connectivity index (χ0v) is 9.43. The van der Waals surface area contributed by atoms with E-state index in [0.29, 0.717) is 0 Å². The van der Waals surface area contributed by atoms with Crippen LogP contribution in [-0.4, -0.2) is 14.9 Å². The van der Waals surface area contributed by atoms with E-state index in [0.717, 1.165) is 22.3 Å². The van der Waals surface area contributed by atoms with Crippen molar-refractivity contribution < 1.29 is 0 Å². The Kier molecular flexibility index (Phi) is 2.32. The number of hydrogen-bond donors (Lipinski definition) is 2. The van der Waals surface area contributed by atoms with Crippen LogP contribution in [0.4, 0.5) is 5.69 Å². The lowest BCUT2D eigenvalue weighted by atomic mass is 10.2. The Bertz CT molecular complexity index is 529. The third kappa shape index (κ3) is 1.78. The maximum atomic E-state index is 5.41. The predicted molar refractivity (Wildman–Crippen MR) is 65.9 cm³/mol. The molecule has 0 unspecified atom stereocenters. The maximum absolute atomic E-state index is 5.41. The van der Waals surface area contributed by atoms with Gasteiger partial charge in [0.25, 0.3) is 0 Å². The van der Waals surface area contributed by atoms with Gasteiger partial charge >= 0.3 is 0 Å². The molecule has 0 saturated carbocycles. The first-order valence-electron chi connectivity index (χ1n) is 4.58. The third-order valence-electron chi connectivity index (χ3n) is 2.40. The van der Waals surface area contributed by atoms with Crippen LogP contribution in [0.2, 0.25) is 0 Å². The smallest absolute Gasteiger partial charge is 0.168 e. The second-order valence-corrected chi connectivity index (χ2v) is 3.87. The van der Waals surface area contributed by atoms with E-state index in [1.54, 1.807) is 0 Å². The lowest BCUT2D eigenvalue weighted by Crippen LogP contribution is -2.18. The topological polar surface area (TPSA) is 55.9 Å². The summed E-state index contributed by atoms with van der Waals surface area (Å²) in [5.41, 5.74) is 8.40. The fourth-order valence-electron chi connectivity index (χ4n) is 1.54. The Morgan fingerprint density at radius 2 is 2.27 bits per heavy atom. The normalized spacial score (nSPS) is 10.5. The summed E-state index contributed by atoms with van der Waals surface area (Å²) in [6.07, 6.45) is 0. The molecule has 0 fully saturated rings. The summed E-state index contributed by atoms with van der Waals surface area (Å²) < 4.78 is 1.86. The number of thiocarbonyl (C=S) groups is 1. The number of aryl methyl sites for hydroxylation is 2. The molecule has 0 aliphatic heterocycles. The Labute approximate surface area is 93.1 Å². The average Bonchev–Trinajstić information content (AvgIpc) is 2.43. The molecule has 0 radical (unpaired) electrons. The van der Waals surface area contributed by atoms with Crippen molar-refractivity contribution in [3.63, 3.8) is 0 Å². The lowest BCUT2D eigenvalue weighted by molar-refractivity contribution is 0.751. The van der Waals surface area contributed by atoms with Gasteiger partial charge in [-0.1, -0.05) is 0 Å². The minimum absolute atomic E-state index is 0.274. The average molecular weight is 220 g/mol. The molecule has 0 saturated heterocycles. The molecular weight excluding hydrogens is 208 g/mol. The van der Waals surface area contributed by atoms with Crippen LogP contribution in [0.25, 0.3) is 10.9 Å². The maximum Gasteiger partial charge on any atom is 0.168 e. The Hall–Kier alpha value is -1.62. The van der Waals surface area contributed by atoms with Crippen LogP contribution in [0, 0.1) is 6.92 Å². The van der Waals surface area contributed by atoms with E-state index >= 15 is 0 Å². The Balaban J connectivity index is 2.54. The summed E-state index contributed by atoms with van der Waals surface area (Å²) in [6.45, 7) is 2.03. The summed E-state index contributed by atoms with van der Waals surface area (Å²) in [7, 11) is 1.93. The monoisotopic (exact) mass is 220 g/mol. The highest BCUT2D eigenvalue weighted by molar-refractivity contribution is 7.80. The van der Waals surface area contributed by atoms with Gasteiger partial charge in [0.05, 0.1) is 5.52 Å². The Morgan fingerprint density at radius 1 is 1.53 bits per heavy atom. The molecule has 15 heavy (non-hydrogen) atoms. The fourth-order valence-corrected chi connectivity index (χ4v) is 1.66. The van der Waals surface area contributed by atoms with Gasteiger partial charge in [-0.05, 0) is 37.3 Å². The molecule has 1 aromatic heterocycles. The van der Waals surface area contributed by atoms with Gasteiger partial charge in [0.15, 0.2) is 5.11 Å². The van der Waals surface area contributed by atoms with E-state index in [2.05, 4.69) is 10.4 Å². The van der Waals surface area contributed by atoms with E-state index in [9.17, 15) is 0 Å². The highest BCUT2D eigenvalue weighted by Crippen LogP contribution is 2.21. The first-order chi connectivity index (χ1) is 7.08. The summed E-state index contributed by atoms with van der Waals surface area (Å²) in [6, 6.07) is 5.85. The largest absolute Gasteiger partial charge is 0.376 e. The molecule has 0 aliphatic rings. The first-order valence-corrected chi connectivity index (χ1v) is 4.98.